The molecule has 158 valence electrons. The minimum Gasteiger partial charge on any atom is -0.465 e. The lowest BCUT2D eigenvalue weighted by Gasteiger charge is -2.25. The first-order valence-electron chi connectivity index (χ1n) is 10.2. The summed E-state index contributed by atoms with van der Waals surface area (Å²) in [7, 11) is 0. The van der Waals surface area contributed by atoms with E-state index in [0.717, 1.165) is 16.8 Å². The average molecular weight is 424 g/mol. The number of hydrogen-bond acceptors (Lipinski definition) is 5. The molecule has 8 nitrogen and oxygen atoms in total. The van der Waals surface area contributed by atoms with Crippen molar-refractivity contribution in [1.29, 1.82) is 0 Å². The van der Waals surface area contributed by atoms with Gasteiger partial charge in [0, 0.05) is 17.3 Å². The maximum Gasteiger partial charge on any atom is 0.409 e. The number of pyridine rings is 1. The van der Waals surface area contributed by atoms with Gasteiger partial charge in [0.15, 0.2) is 12.0 Å². The van der Waals surface area contributed by atoms with Gasteiger partial charge in [-0.1, -0.05) is 54.6 Å². The van der Waals surface area contributed by atoms with Crippen molar-refractivity contribution in [2.75, 3.05) is 0 Å². The Bertz CT molecular complexity index is 1300. The van der Waals surface area contributed by atoms with E-state index in [1.54, 1.807) is 18.3 Å². The molecule has 0 bridgehead atoms. The second kappa shape index (κ2) is 8.07. The number of aliphatic imine (C=N–C) groups is 1. The largest absolute Gasteiger partial charge is 0.465 e. The van der Waals surface area contributed by atoms with Crippen molar-refractivity contribution in [3.8, 4) is 5.69 Å². The number of carbonyl (C=O) groups is 1. The third kappa shape index (κ3) is 3.41. The van der Waals surface area contributed by atoms with Crippen LogP contribution >= 0.6 is 0 Å². The van der Waals surface area contributed by atoms with Crippen LogP contribution in [0, 0.1) is 6.92 Å². The molecule has 2 aromatic carbocycles. The van der Waals surface area contributed by atoms with Crippen LogP contribution in [0.3, 0.4) is 0 Å². The molecule has 0 saturated carbocycles. The lowest BCUT2D eigenvalue weighted by Crippen LogP contribution is -2.34. The zero-order valence-corrected chi connectivity index (χ0v) is 17.3. The van der Waals surface area contributed by atoms with Crippen LogP contribution in [0.15, 0.2) is 84.0 Å². The van der Waals surface area contributed by atoms with Crippen LogP contribution in [0.25, 0.3) is 5.69 Å². The van der Waals surface area contributed by atoms with Gasteiger partial charge in [0.05, 0.1) is 23.6 Å². The van der Waals surface area contributed by atoms with Gasteiger partial charge in [0.1, 0.15) is 5.82 Å². The minimum atomic E-state index is -1.12. The fourth-order valence-corrected chi connectivity index (χ4v) is 3.92. The van der Waals surface area contributed by atoms with E-state index in [2.05, 4.69) is 15.2 Å². The van der Waals surface area contributed by atoms with E-state index in [1.165, 1.54) is 4.90 Å². The van der Waals surface area contributed by atoms with Gasteiger partial charge in [-0.15, -0.1) is 10.2 Å². The minimum absolute atomic E-state index is 0.0641. The highest BCUT2D eigenvalue weighted by Gasteiger charge is 2.34. The van der Waals surface area contributed by atoms with Gasteiger partial charge in [-0.25, -0.2) is 4.79 Å². The fourth-order valence-electron chi connectivity index (χ4n) is 3.92. The summed E-state index contributed by atoms with van der Waals surface area (Å²) in [6, 6.07) is 23.0. The summed E-state index contributed by atoms with van der Waals surface area (Å²) < 4.78 is 1.88. The SMILES string of the molecule is Cc1nnc2n1-c1ccccc1C(c1ccccc1)=NC2N(Cc1ccccn1)C(=O)O. The molecule has 0 radical (unpaired) electrons. The summed E-state index contributed by atoms with van der Waals surface area (Å²) in [6.45, 7) is 1.91. The van der Waals surface area contributed by atoms with E-state index in [4.69, 9.17) is 4.99 Å². The second-order valence-corrected chi connectivity index (χ2v) is 7.41. The van der Waals surface area contributed by atoms with E-state index in [0.29, 0.717) is 23.1 Å². The molecule has 1 atom stereocenters. The summed E-state index contributed by atoms with van der Waals surface area (Å²) in [6.07, 6.45) is -0.378. The summed E-state index contributed by atoms with van der Waals surface area (Å²) >= 11 is 0. The number of para-hydroxylation sites is 1. The van der Waals surface area contributed by atoms with Crippen LogP contribution in [-0.2, 0) is 6.54 Å². The van der Waals surface area contributed by atoms with Crippen LogP contribution < -0.4 is 0 Å². The number of fused-ring (bicyclic) bond motifs is 3. The first kappa shape index (κ1) is 19.6. The van der Waals surface area contributed by atoms with Crippen molar-refractivity contribution >= 4 is 11.8 Å². The van der Waals surface area contributed by atoms with Crippen molar-refractivity contribution in [2.45, 2.75) is 19.6 Å². The molecule has 0 aliphatic carbocycles. The van der Waals surface area contributed by atoms with E-state index in [9.17, 15) is 9.90 Å². The molecular formula is C24H20N6O2. The predicted molar refractivity (Wildman–Crippen MR) is 119 cm³/mol. The van der Waals surface area contributed by atoms with Crippen LogP contribution in [0.1, 0.15) is 34.6 Å². The first-order chi connectivity index (χ1) is 15.6. The molecule has 1 aliphatic rings. The van der Waals surface area contributed by atoms with Crippen molar-refractivity contribution in [3.63, 3.8) is 0 Å². The van der Waals surface area contributed by atoms with E-state index >= 15 is 0 Å². The van der Waals surface area contributed by atoms with Gasteiger partial charge in [0.2, 0.25) is 0 Å². The molecule has 0 saturated heterocycles. The topological polar surface area (TPSA) is 96.5 Å². The Kier molecular flexibility index (Phi) is 4.95. The normalized spacial score (nSPS) is 14.7. The molecule has 1 unspecified atom stereocenters. The Morgan fingerprint density at radius 1 is 1.00 bits per heavy atom. The monoisotopic (exact) mass is 424 g/mol. The average Bonchev–Trinajstić information content (AvgIpc) is 3.13. The Balaban J connectivity index is 1.74. The highest BCUT2D eigenvalue weighted by Crippen LogP contribution is 2.33. The second-order valence-electron chi connectivity index (χ2n) is 7.41. The summed E-state index contributed by atoms with van der Waals surface area (Å²) in [5, 5.41) is 18.8. The maximum absolute atomic E-state index is 12.4. The molecule has 0 spiro atoms. The van der Waals surface area contributed by atoms with Gasteiger partial charge in [-0.2, -0.15) is 0 Å². The van der Waals surface area contributed by atoms with E-state index < -0.39 is 12.3 Å². The molecule has 0 fully saturated rings. The molecule has 1 amide bonds. The number of hydrogen-bond donors (Lipinski definition) is 1. The third-order valence-electron chi connectivity index (χ3n) is 5.38. The van der Waals surface area contributed by atoms with E-state index in [-0.39, 0.29) is 6.54 Å². The predicted octanol–water partition coefficient (Wildman–Crippen LogP) is 4.00. The molecule has 32 heavy (non-hydrogen) atoms. The number of benzene rings is 2. The molecule has 4 aromatic rings. The smallest absolute Gasteiger partial charge is 0.409 e. The fraction of sp³-hybridized carbons (Fsp3) is 0.125. The zero-order valence-electron chi connectivity index (χ0n) is 17.3. The molecule has 1 N–H and O–H groups in total. The van der Waals surface area contributed by atoms with Gasteiger partial charge < -0.3 is 5.11 Å². The molecular weight excluding hydrogens is 404 g/mol. The molecule has 1 aliphatic heterocycles. The van der Waals surface area contributed by atoms with Gasteiger partial charge in [-0.3, -0.25) is 19.4 Å². The van der Waals surface area contributed by atoms with Crippen molar-refractivity contribution in [1.82, 2.24) is 24.6 Å². The van der Waals surface area contributed by atoms with Crippen LogP contribution in [0.5, 0.6) is 0 Å². The number of nitrogens with zero attached hydrogens (tertiary/aromatic N) is 6. The standard InChI is InChI=1S/C24H20N6O2/c1-16-27-28-23-22(29(24(31)32)15-18-11-7-8-14-25-18)26-21(17-9-3-2-4-10-17)19-12-5-6-13-20(19)30(16)23/h2-14,22H,15H2,1H3,(H,31,32). The van der Waals surface area contributed by atoms with Crippen LogP contribution in [0.4, 0.5) is 4.79 Å². The van der Waals surface area contributed by atoms with Gasteiger partial charge in [0.25, 0.3) is 0 Å². The number of rotatable bonds is 4. The summed E-state index contributed by atoms with van der Waals surface area (Å²) in [5.74, 6) is 1.10. The number of carboxylic acid groups (broad SMARTS) is 1. The van der Waals surface area contributed by atoms with Crippen molar-refractivity contribution in [3.05, 3.63) is 107 Å². The third-order valence-corrected chi connectivity index (χ3v) is 5.38. The number of aryl methyl sites for hydroxylation is 1. The van der Waals surface area contributed by atoms with E-state index in [1.807, 2.05) is 72.2 Å². The quantitative estimate of drug-likeness (QED) is 0.534. The highest BCUT2D eigenvalue weighted by atomic mass is 16.4. The lowest BCUT2D eigenvalue weighted by atomic mass is 10.0. The van der Waals surface area contributed by atoms with Crippen LogP contribution in [-0.4, -0.2) is 41.6 Å². The molecule has 2 aromatic heterocycles. The Morgan fingerprint density at radius 3 is 2.50 bits per heavy atom. The lowest BCUT2D eigenvalue weighted by molar-refractivity contribution is 0.118. The molecule has 8 heteroatoms. The number of aromatic nitrogens is 4. The zero-order chi connectivity index (χ0) is 22.1. The van der Waals surface area contributed by atoms with Crippen molar-refractivity contribution in [2.24, 2.45) is 4.99 Å². The van der Waals surface area contributed by atoms with Crippen molar-refractivity contribution < 1.29 is 9.90 Å². The number of amides is 1. The van der Waals surface area contributed by atoms with Crippen LogP contribution in [0.2, 0.25) is 0 Å². The molecule has 3 heterocycles. The summed E-state index contributed by atoms with van der Waals surface area (Å²) in [4.78, 5) is 22.9. The first-order valence-corrected chi connectivity index (χ1v) is 10.2. The summed E-state index contributed by atoms with van der Waals surface area (Å²) in [5.41, 5.74) is 3.95. The highest BCUT2D eigenvalue weighted by molar-refractivity contribution is 6.15. The Morgan fingerprint density at radius 2 is 1.75 bits per heavy atom. The Hall–Kier alpha value is -4.33. The maximum atomic E-state index is 12.4. The van der Waals surface area contributed by atoms with Gasteiger partial charge in [-0.05, 0) is 25.1 Å². The molecule has 5 rings (SSSR count). The van der Waals surface area contributed by atoms with Gasteiger partial charge >= 0.3 is 6.09 Å². The Labute approximate surface area is 184 Å².